The zero-order chi connectivity index (χ0) is 24.5. The number of benzene rings is 2. The summed E-state index contributed by atoms with van der Waals surface area (Å²) in [5, 5.41) is 3.09. The largest absolute Gasteiger partial charge is 0.497 e. The van der Waals surface area contributed by atoms with Gasteiger partial charge in [-0.1, -0.05) is 29.3 Å². The van der Waals surface area contributed by atoms with Crippen LogP contribution in [-0.2, 0) is 6.42 Å². The van der Waals surface area contributed by atoms with E-state index in [9.17, 15) is 9.59 Å². The zero-order valence-electron chi connectivity index (χ0n) is 19.0. The van der Waals surface area contributed by atoms with E-state index in [4.69, 9.17) is 32.9 Å². The lowest BCUT2D eigenvalue weighted by Gasteiger charge is -2.29. The van der Waals surface area contributed by atoms with Gasteiger partial charge < -0.3 is 10.1 Å². The second-order valence-corrected chi connectivity index (χ2v) is 9.46. The summed E-state index contributed by atoms with van der Waals surface area (Å²) >= 11 is 11.7. The summed E-state index contributed by atoms with van der Waals surface area (Å²) < 4.78 is 5.37. The fourth-order valence-electron chi connectivity index (χ4n) is 3.91. The van der Waals surface area contributed by atoms with E-state index in [-0.39, 0.29) is 39.4 Å². The number of anilines is 1. The second-order valence-electron chi connectivity index (χ2n) is 8.70. The zero-order valence-corrected chi connectivity index (χ0v) is 20.5. The van der Waals surface area contributed by atoms with E-state index < -0.39 is 0 Å². The van der Waals surface area contributed by atoms with Crippen LogP contribution in [-0.4, -0.2) is 35.0 Å². The quantitative estimate of drug-likeness (QED) is 0.333. The Morgan fingerprint density at radius 3 is 2.47 bits per heavy atom. The summed E-state index contributed by atoms with van der Waals surface area (Å²) in [6.45, 7) is 4.12. The number of pyridine rings is 1. The number of hydrogen-bond donors (Lipinski definition) is 1. The molecule has 0 atom stereocenters. The average Bonchev–Trinajstić information content (AvgIpc) is 2.80. The van der Waals surface area contributed by atoms with Gasteiger partial charge in [0.1, 0.15) is 10.9 Å². The maximum Gasteiger partial charge on any atom is 0.257 e. The molecule has 34 heavy (non-hydrogen) atoms. The monoisotopic (exact) mass is 495 g/mol. The number of nitrogens with one attached hydrogen (secondary N) is 1. The highest BCUT2D eigenvalue weighted by atomic mass is 35.5. The first kappa shape index (κ1) is 23.9. The van der Waals surface area contributed by atoms with Gasteiger partial charge in [0.2, 0.25) is 0 Å². The van der Waals surface area contributed by atoms with Crippen LogP contribution in [0.15, 0.2) is 59.7 Å². The van der Waals surface area contributed by atoms with Crippen molar-refractivity contribution in [3.05, 3.63) is 87.2 Å². The minimum atomic E-state index is -0.380. The van der Waals surface area contributed by atoms with Gasteiger partial charge in [0.25, 0.3) is 5.91 Å². The molecule has 0 unspecified atom stereocenters. The Labute approximate surface area is 208 Å². The van der Waals surface area contributed by atoms with Crippen LogP contribution in [0, 0.1) is 0 Å². The highest BCUT2D eigenvalue weighted by Crippen LogP contribution is 2.31. The van der Waals surface area contributed by atoms with Gasteiger partial charge >= 0.3 is 0 Å². The van der Waals surface area contributed by atoms with Crippen molar-refractivity contribution in [1.29, 1.82) is 0 Å². The van der Waals surface area contributed by atoms with Crippen molar-refractivity contribution in [3.8, 4) is 5.75 Å². The fraction of sp³-hybridized carbons (Fsp3) is 0.231. The van der Waals surface area contributed by atoms with Gasteiger partial charge in [0, 0.05) is 23.0 Å². The molecule has 1 aliphatic heterocycles. The normalized spacial score (nSPS) is 14.1. The molecule has 4 rings (SSSR count). The predicted octanol–water partition coefficient (Wildman–Crippen LogP) is 6.05. The van der Waals surface area contributed by atoms with Gasteiger partial charge in [-0.05, 0) is 68.3 Å². The Hall–Kier alpha value is -3.22. The molecule has 1 aromatic heterocycles. The van der Waals surface area contributed by atoms with Crippen molar-refractivity contribution in [2.24, 2.45) is 4.99 Å². The van der Waals surface area contributed by atoms with Crippen molar-refractivity contribution >= 4 is 46.3 Å². The molecule has 0 fully saturated rings. The number of methoxy groups -OCH3 is 1. The van der Waals surface area contributed by atoms with Crippen LogP contribution in [0.5, 0.6) is 5.75 Å². The molecule has 2 heterocycles. The molecule has 0 spiro atoms. The SMILES string of the molecule is COc1ccc2c(c1)C(CC(=O)c1ccc(NC(=O)c3cnc(Cl)c(Cl)c3)cc1)=NC(C)(C)C2. The van der Waals surface area contributed by atoms with Gasteiger partial charge in [-0.25, -0.2) is 4.98 Å². The van der Waals surface area contributed by atoms with Crippen molar-refractivity contribution in [3.63, 3.8) is 0 Å². The number of amides is 1. The van der Waals surface area contributed by atoms with Crippen LogP contribution in [0.2, 0.25) is 10.2 Å². The van der Waals surface area contributed by atoms with Gasteiger partial charge in [-0.15, -0.1) is 0 Å². The first-order valence-corrected chi connectivity index (χ1v) is 11.4. The molecule has 174 valence electrons. The summed E-state index contributed by atoms with van der Waals surface area (Å²) in [5.74, 6) is 0.294. The average molecular weight is 496 g/mol. The predicted molar refractivity (Wildman–Crippen MR) is 135 cm³/mol. The molecular weight excluding hydrogens is 473 g/mol. The Morgan fingerprint density at radius 2 is 1.79 bits per heavy atom. The van der Waals surface area contributed by atoms with Gasteiger partial charge in [0.05, 0.1) is 35.4 Å². The molecule has 0 aliphatic carbocycles. The Bertz CT molecular complexity index is 1300. The standard InChI is InChI=1S/C26H23Cl2N3O3/c1-26(2)13-16-6-9-19(34-3)11-20(16)22(31-26)12-23(32)15-4-7-18(8-5-15)30-25(33)17-10-21(27)24(28)29-14-17/h4-11,14H,12-13H2,1-3H3,(H,30,33). The molecule has 0 radical (unpaired) electrons. The van der Waals surface area contributed by atoms with Crippen LogP contribution in [0.1, 0.15) is 52.1 Å². The third-order valence-electron chi connectivity index (χ3n) is 5.54. The molecule has 0 saturated heterocycles. The first-order valence-electron chi connectivity index (χ1n) is 10.7. The van der Waals surface area contributed by atoms with Crippen molar-refractivity contribution in [2.45, 2.75) is 32.2 Å². The van der Waals surface area contributed by atoms with Crippen LogP contribution < -0.4 is 10.1 Å². The van der Waals surface area contributed by atoms with E-state index >= 15 is 0 Å². The third-order valence-corrected chi connectivity index (χ3v) is 6.23. The summed E-state index contributed by atoms with van der Waals surface area (Å²) in [6.07, 6.45) is 2.32. The number of nitrogens with zero attached hydrogens (tertiary/aromatic N) is 2. The van der Waals surface area contributed by atoms with E-state index in [1.807, 2.05) is 18.2 Å². The minimum absolute atomic E-state index is 0.0585. The van der Waals surface area contributed by atoms with Crippen molar-refractivity contribution in [2.75, 3.05) is 12.4 Å². The van der Waals surface area contributed by atoms with E-state index in [0.717, 1.165) is 29.0 Å². The lowest BCUT2D eigenvalue weighted by atomic mass is 9.85. The number of ketones is 1. The summed E-state index contributed by atoms with van der Waals surface area (Å²) in [7, 11) is 1.62. The minimum Gasteiger partial charge on any atom is -0.497 e. The molecule has 6 nitrogen and oxygen atoms in total. The highest BCUT2D eigenvalue weighted by Gasteiger charge is 2.28. The van der Waals surface area contributed by atoms with Crippen molar-refractivity contribution in [1.82, 2.24) is 4.98 Å². The Balaban J connectivity index is 1.49. The topological polar surface area (TPSA) is 80.6 Å². The van der Waals surface area contributed by atoms with E-state index in [2.05, 4.69) is 24.1 Å². The molecule has 2 aromatic carbocycles. The maximum absolute atomic E-state index is 13.1. The summed E-state index contributed by atoms with van der Waals surface area (Å²) in [5.41, 5.74) is 3.92. The smallest absolute Gasteiger partial charge is 0.257 e. The third kappa shape index (κ3) is 5.29. The molecule has 1 aliphatic rings. The number of Topliss-reactive ketones (excluding diaryl/α,β-unsaturated/α-hetero) is 1. The number of carbonyl (C=O) groups is 2. The van der Waals surface area contributed by atoms with Crippen LogP contribution in [0.4, 0.5) is 5.69 Å². The Kier molecular flexibility index (Phi) is 6.73. The number of fused-ring (bicyclic) bond motifs is 1. The van der Waals surface area contributed by atoms with E-state index in [1.165, 1.54) is 12.3 Å². The fourth-order valence-corrected chi connectivity index (χ4v) is 4.18. The van der Waals surface area contributed by atoms with E-state index in [0.29, 0.717) is 11.3 Å². The van der Waals surface area contributed by atoms with Gasteiger partial charge in [-0.3, -0.25) is 14.6 Å². The number of aliphatic imine (C=N–C) groups is 1. The van der Waals surface area contributed by atoms with Crippen molar-refractivity contribution < 1.29 is 14.3 Å². The van der Waals surface area contributed by atoms with Crippen LogP contribution in [0.3, 0.4) is 0 Å². The number of ether oxygens (including phenoxy) is 1. The molecule has 1 N–H and O–H groups in total. The molecule has 0 bridgehead atoms. The molecule has 3 aromatic rings. The van der Waals surface area contributed by atoms with Gasteiger partial charge in [0.15, 0.2) is 5.78 Å². The van der Waals surface area contributed by atoms with Gasteiger partial charge in [-0.2, -0.15) is 0 Å². The Morgan fingerprint density at radius 1 is 1.06 bits per heavy atom. The first-order chi connectivity index (χ1) is 16.1. The number of carbonyl (C=O) groups excluding carboxylic acids is 2. The lowest BCUT2D eigenvalue weighted by Crippen LogP contribution is -2.30. The second kappa shape index (κ2) is 9.57. The van der Waals surface area contributed by atoms with E-state index in [1.54, 1.807) is 31.4 Å². The number of aromatic nitrogens is 1. The van der Waals surface area contributed by atoms with Crippen LogP contribution in [0.25, 0.3) is 0 Å². The van der Waals surface area contributed by atoms with Crippen LogP contribution >= 0.6 is 23.2 Å². The summed E-state index contributed by atoms with van der Waals surface area (Å²) in [6, 6.07) is 14.1. The molecular formula is C26H23Cl2N3O3. The molecule has 0 saturated carbocycles. The number of hydrogen-bond acceptors (Lipinski definition) is 5. The molecule has 1 amide bonds. The lowest BCUT2D eigenvalue weighted by molar-refractivity contribution is 0.0998. The number of halogens is 2. The summed E-state index contributed by atoms with van der Waals surface area (Å²) in [4.78, 5) is 34.3. The number of rotatable bonds is 6. The molecule has 8 heteroatoms. The highest BCUT2D eigenvalue weighted by molar-refractivity contribution is 6.41. The maximum atomic E-state index is 13.1.